The minimum absolute atomic E-state index is 0.245. The molecule has 3 heteroatoms. The van der Waals surface area contributed by atoms with Crippen LogP contribution in [-0.4, -0.2) is 37.0 Å². The topological polar surface area (TPSA) is 32.3 Å². The molecule has 1 saturated carbocycles. The maximum absolute atomic E-state index is 11.6. The number of amides is 1. The second-order valence-corrected chi connectivity index (χ2v) is 4.05. The molecule has 1 N–H and O–H groups in total. The average molecular weight is 198 g/mol. The third-order valence-corrected chi connectivity index (χ3v) is 2.63. The van der Waals surface area contributed by atoms with Crippen molar-refractivity contribution >= 4 is 5.91 Å². The van der Waals surface area contributed by atoms with E-state index in [2.05, 4.69) is 12.2 Å². The van der Waals surface area contributed by atoms with E-state index in [4.69, 9.17) is 0 Å². The normalized spacial score (nSPS) is 15.6. The van der Waals surface area contributed by atoms with E-state index in [1.807, 2.05) is 11.8 Å². The molecule has 0 aliphatic heterocycles. The zero-order chi connectivity index (χ0) is 10.4. The predicted molar refractivity (Wildman–Crippen MR) is 58.1 cm³/mol. The second-order valence-electron chi connectivity index (χ2n) is 4.05. The van der Waals surface area contributed by atoms with Gasteiger partial charge in [0.2, 0.25) is 5.91 Å². The van der Waals surface area contributed by atoms with Crippen molar-refractivity contribution < 1.29 is 4.79 Å². The van der Waals surface area contributed by atoms with E-state index < -0.39 is 0 Å². The number of carbonyl (C=O) groups is 1. The van der Waals surface area contributed by atoms with E-state index >= 15 is 0 Å². The minimum Gasteiger partial charge on any atom is -0.342 e. The van der Waals surface area contributed by atoms with Crippen LogP contribution in [0.1, 0.15) is 33.1 Å². The molecule has 0 aromatic rings. The molecular weight excluding hydrogens is 176 g/mol. The third-order valence-electron chi connectivity index (χ3n) is 2.63. The summed E-state index contributed by atoms with van der Waals surface area (Å²) in [5, 5.41) is 3.23. The number of nitrogens with zero attached hydrogens (tertiary/aromatic N) is 1. The first-order valence-corrected chi connectivity index (χ1v) is 5.76. The maximum atomic E-state index is 11.6. The molecule has 0 bridgehead atoms. The van der Waals surface area contributed by atoms with Crippen LogP contribution in [0.2, 0.25) is 0 Å². The van der Waals surface area contributed by atoms with Crippen LogP contribution in [0.4, 0.5) is 0 Å². The first kappa shape index (κ1) is 11.5. The van der Waals surface area contributed by atoms with Crippen LogP contribution in [0.25, 0.3) is 0 Å². The van der Waals surface area contributed by atoms with Crippen molar-refractivity contribution in [1.82, 2.24) is 10.2 Å². The van der Waals surface area contributed by atoms with E-state index in [9.17, 15) is 4.79 Å². The fourth-order valence-electron chi connectivity index (χ4n) is 1.55. The van der Waals surface area contributed by atoms with E-state index in [0.29, 0.717) is 6.54 Å². The summed E-state index contributed by atoms with van der Waals surface area (Å²) in [6, 6.07) is 0. The average Bonchev–Trinajstić information content (AvgIpc) is 2.97. The van der Waals surface area contributed by atoms with Crippen molar-refractivity contribution in [3.05, 3.63) is 0 Å². The fraction of sp³-hybridized carbons (Fsp3) is 0.909. The van der Waals surface area contributed by atoms with Gasteiger partial charge in [0.05, 0.1) is 6.54 Å². The SMILES string of the molecule is CCCN(CC)C(=O)CNCC1CC1. The Morgan fingerprint density at radius 1 is 1.43 bits per heavy atom. The number of rotatable bonds is 7. The molecule has 0 heterocycles. The van der Waals surface area contributed by atoms with Crippen molar-refractivity contribution in [2.75, 3.05) is 26.2 Å². The molecule has 1 aliphatic rings. The summed E-state index contributed by atoms with van der Waals surface area (Å²) >= 11 is 0. The van der Waals surface area contributed by atoms with Gasteiger partial charge in [0, 0.05) is 13.1 Å². The Balaban J connectivity index is 2.09. The van der Waals surface area contributed by atoms with Gasteiger partial charge in [-0.2, -0.15) is 0 Å². The highest BCUT2D eigenvalue weighted by Crippen LogP contribution is 2.27. The third kappa shape index (κ3) is 4.09. The summed E-state index contributed by atoms with van der Waals surface area (Å²) in [4.78, 5) is 13.5. The lowest BCUT2D eigenvalue weighted by molar-refractivity contribution is -0.130. The van der Waals surface area contributed by atoms with Crippen LogP contribution in [0, 0.1) is 5.92 Å². The Hall–Kier alpha value is -0.570. The number of likely N-dealkylation sites (N-methyl/N-ethyl adjacent to an activating group) is 1. The molecule has 1 fully saturated rings. The minimum atomic E-state index is 0.245. The van der Waals surface area contributed by atoms with Crippen LogP contribution in [0.5, 0.6) is 0 Å². The van der Waals surface area contributed by atoms with Gasteiger partial charge in [-0.1, -0.05) is 6.92 Å². The van der Waals surface area contributed by atoms with Gasteiger partial charge in [0.1, 0.15) is 0 Å². The maximum Gasteiger partial charge on any atom is 0.236 e. The zero-order valence-corrected chi connectivity index (χ0v) is 9.38. The number of hydrogen-bond donors (Lipinski definition) is 1. The van der Waals surface area contributed by atoms with E-state index in [-0.39, 0.29) is 5.91 Å². The number of carbonyl (C=O) groups excluding carboxylic acids is 1. The Morgan fingerprint density at radius 2 is 2.14 bits per heavy atom. The Labute approximate surface area is 86.9 Å². The summed E-state index contributed by atoms with van der Waals surface area (Å²) < 4.78 is 0. The van der Waals surface area contributed by atoms with E-state index in [1.54, 1.807) is 0 Å². The van der Waals surface area contributed by atoms with Gasteiger partial charge in [-0.3, -0.25) is 4.79 Å². The molecule has 0 spiro atoms. The van der Waals surface area contributed by atoms with Crippen molar-refractivity contribution in [3.8, 4) is 0 Å². The molecular formula is C11H22N2O. The van der Waals surface area contributed by atoms with Gasteiger partial charge >= 0.3 is 0 Å². The Morgan fingerprint density at radius 3 is 2.64 bits per heavy atom. The number of nitrogens with one attached hydrogen (secondary N) is 1. The molecule has 0 aromatic carbocycles. The molecule has 1 rings (SSSR count). The lowest BCUT2D eigenvalue weighted by Crippen LogP contribution is -2.39. The molecule has 0 atom stereocenters. The highest BCUT2D eigenvalue weighted by molar-refractivity contribution is 5.78. The van der Waals surface area contributed by atoms with Crippen molar-refractivity contribution in [2.24, 2.45) is 5.92 Å². The molecule has 14 heavy (non-hydrogen) atoms. The highest BCUT2D eigenvalue weighted by Gasteiger charge is 2.21. The lowest BCUT2D eigenvalue weighted by Gasteiger charge is -2.20. The highest BCUT2D eigenvalue weighted by atomic mass is 16.2. The van der Waals surface area contributed by atoms with Crippen LogP contribution in [0.15, 0.2) is 0 Å². The van der Waals surface area contributed by atoms with Crippen molar-refractivity contribution in [3.63, 3.8) is 0 Å². The monoisotopic (exact) mass is 198 g/mol. The molecule has 0 unspecified atom stereocenters. The van der Waals surface area contributed by atoms with E-state index in [1.165, 1.54) is 12.8 Å². The Bertz CT molecular complexity index is 178. The molecule has 0 saturated heterocycles. The van der Waals surface area contributed by atoms with Gasteiger partial charge in [-0.05, 0) is 38.6 Å². The second kappa shape index (κ2) is 6.02. The smallest absolute Gasteiger partial charge is 0.236 e. The van der Waals surface area contributed by atoms with Crippen LogP contribution in [0.3, 0.4) is 0 Å². The van der Waals surface area contributed by atoms with Gasteiger partial charge in [-0.25, -0.2) is 0 Å². The van der Waals surface area contributed by atoms with Gasteiger partial charge in [0.25, 0.3) is 0 Å². The van der Waals surface area contributed by atoms with E-state index in [0.717, 1.165) is 32.0 Å². The van der Waals surface area contributed by atoms with Gasteiger partial charge < -0.3 is 10.2 Å². The zero-order valence-electron chi connectivity index (χ0n) is 9.38. The van der Waals surface area contributed by atoms with Crippen LogP contribution in [-0.2, 0) is 4.79 Å². The molecule has 1 amide bonds. The first-order valence-electron chi connectivity index (χ1n) is 5.76. The largest absolute Gasteiger partial charge is 0.342 e. The Kier molecular flexibility index (Phi) is 4.94. The van der Waals surface area contributed by atoms with Crippen LogP contribution < -0.4 is 5.32 Å². The van der Waals surface area contributed by atoms with Crippen LogP contribution >= 0.6 is 0 Å². The molecule has 82 valence electrons. The van der Waals surface area contributed by atoms with Crippen molar-refractivity contribution in [1.29, 1.82) is 0 Å². The summed E-state index contributed by atoms with van der Waals surface area (Å²) in [6.07, 6.45) is 3.73. The summed E-state index contributed by atoms with van der Waals surface area (Å²) in [5.74, 6) is 1.10. The van der Waals surface area contributed by atoms with Gasteiger partial charge in [-0.15, -0.1) is 0 Å². The summed E-state index contributed by atoms with van der Waals surface area (Å²) in [6.45, 7) is 7.40. The molecule has 0 radical (unpaired) electrons. The van der Waals surface area contributed by atoms with Crippen molar-refractivity contribution in [2.45, 2.75) is 33.1 Å². The quantitative estimate of drug-likeness (QED) is 0.667. The summed E-state index contributed by atoms with van der Waals surface area (Å²) in [5.41, 5.74) is 0. The summed E-state index contributed by atoms with van der Waals surface area (Å²) in [7, 11) is 0. The molecule has 1 aliphatic carbocycles. The molecule has 3 nitrogen and oxygen atoms in total. The lowest BCUT2D eigenvalue weighted by atomic mass is 10.3. The van der Waals surface area contributed by atoms with Gasteiger partial charge in [0.15, 0.2) is 0 Å². The first-order chi connectivity index (χ1) is 6.77. The molecule has 0 aromatic heterocycles. The number of hydrogen-bond acceptors (Lipinski definition) is 2. The fourth-order valence-corrected chi connectivity index (χ4v) is 1.55. The predicted octanol–water partition coefficient (Wildman–Crippen LogP) is 1.24. The standard InChI is InChI=1S/C11H22N2O/c1-3-7-13(4-2)11(14)9-12-8-10-5-6-10/h10,12H,3-9H2,1-2H3.